The molecular formula is C3H7I4NSi2. The molecule has 0 aliphatic carbocycles. The van der Waals surface area contributed by atoms with Crippen LogP contribution in [0.4, 0.5) is 0 Å². The van der Waals surface area contributed by atoms with Crippen molar-refractivity contribution < 1.29 is 0 Å². The van der Waals surface area contributed by atoms with E-state index in [4.69, 9.17) is 0 Å². The lowest BCUT2D eigenvalue weighted by molar-refractivity contribution is 0.670. The van der Waals surface area contributed by atoms with Gasteiger partial charge in [0.25, 0.3) is 7.90 Å². The summed E-state index contributed by atoms with van der Waals surface area (Å²) in [5.41, 5.74) is 0. The first kappa shape index (κ1) is 13.3. The molecule has 0 bridgehead atoms. The van der Waals surface area contributed by atoms with Gasteiger partial charge in [-0.2, -0.15) is 0 Å². The maximum atomic E-state index is 2.66. The zero-order valence-corrected chi connectivity index (χ0v) is 16.0. The summed E-state index contributed by atoms with van der Waals surface area (Å²) in [6.45, 7) is 3.55. The second-order valence-corrected chi connectivity index (χ2v) is 28.8. The van der Waals surface area contributed by atoms with Gasteiger partial charge in [0, 0.05) is 0 Å². The van der Waals surface area contributed by atoms with Crippen molar-refractivity contribution in [2.24, 2.45) is 0 Å². The molecule has 0 aliphatic rings. The SMILES string of the molecule is CCCN([Si](I)I)[Si](I)I. The lowest BCUT2D eigenvalue weighted by Gasteiger charge is -2.21. The molecule has 0 N–H and O–H groups in total. The van der Waals surface area contributed by atoms with Gasteiger partial charge in [0.1, 0.15) is 0 Å². The second kappa shape index (κ2) is 7.69. The molecule has 60 valence electrons. The van der Waals surface area contributed by atoms with Gasteiger partial charge in [-0.15, -0.1) is 0 Å². The van der Waals surface area contributed by atoms with Gasteiger partial charge in [0.05, 0.1) is 0 Å². The van der Waals surface area contributed by atoms with Gasteiger partial charge < -0.3 is 4.23 Å². The van der Waals surface area contributed by atoms with E-state index in [2.05, 4.69) is 98.3 Å². The van der Waals surface area contributed by atoms with Crippen molar-refractivity contribution in [3.8, 4) is 0 Å². The minimum Gasteiger partial charge on any atom is -0.314 e. The Labute approximate surface area is 117 Å². The third-order valence-electron chi connectivity index (χ3n) is 0.855. The first-order chi connectivity index (χ1) is 4.59. The Morgan fingerprint density at radius 3 is 1.60 bits per heavy atom. The molecule has 0 unspecified atom stereocenters. The van der Waals surface area contributed by atoms with Gasteiger partial charge in [0.2, 0.25) is 0 Å². The normalized spacial score (nSPS) is 12.0. The quantitative estimate of drug-likeness (QED) is 0.265. The molecule has 0 aliphatic heterocycles. The zero-order valence-electron chi connectivity index (χ0n) is 5.37. The molecule has 0 heterocycles. The monoisotopic (exact) mass is 621 g/mol. The van der Waals surface area contributed by atoms with E-state index >= 15 is 0 Å². The van der Waals surface area contributed by atoms with Gasteiger partial charge in [-0.25, -0.2) is 0 Å². The Balaban J connectivity index is 3.73. The highest BCUT2D eigenvalue weighted by atomic mass is 127. The maximum absolute atomic E-state index is 2.66. The van der Waals surface area contributed by atoms with Gasteiger partial charge >= 0.3 is 0 Å². The van der Waals surface area contributed by atoms with Gasteiger partial charge in [-0.3, -0.25) is 0 Å². The molecule has 0 rings (SSSR count). The van der Waals surface area contributed by atoms with Crippen LogP contribution in [0, 0.1) is 0 Å². The fraction of sp³-hybridized carbons (Fsp3) is 1.00. The predicted molar refractivity (Wildman–Crippen MR) is 84.6 cm³/mol. The summed E-state index contributed by atoms with van der Waals surface area (Å²) in [5, 5.41) is 0. The number of hydrogen-bond donors (Lipinski definition) is 0. The third-order valence-corrected chi connectivity index (χ3v) is 15.9. The highest BCUT2D eigenvalue weighted by molar-refractivity contribution is 14.3. The zero-order chi connectivity index (χ0) is 8.15. The van der Waals surface area contributed by atoms with Crippen LogP contribution < -0.4 is 0 Å². The smallest absolute Gasteiger partial charge is 0.283 e. The number of halogens is 4. The van der Waals surface area contributed by atoms with Crippen molar-refractivity contribution in [2.75, 3.05) is 6.54 Å². The second-order valence-electron chi connectivity index (χ2n) is 1.63. The van der Waals surface area contributed by atoms with Crippen molar-refractivity contribution in [2.45, 2.75) is 13.3 Å². The molecular weight excluding hydrogens is 614 g/mol. The summed E-state index contributed by atoms with van der Waals surface area (Å²) in [6.07, 6.45) is 1.29. The van der Waals surface area contributed by atoms with E-state index in [0.717, 1.165) is 0 Å². The molecule has 0 aromatic rings. The molecule has 0 saturated carbocycles. The number of nitrogens with zero attached hydrogens (tertiary/aromatic N) is 1. The standard InChI is InChI=1S/C3H7I4NSi2/c1-2-3-8(9(4)5)10(6)7/h2-3H2,1H3. The average molecular weight is 621 g/mol. The first-order valence-electron chi connectivity index (χ1n) is 2.73. The molecule has 7 heteroatoms. The van der Waals surface area contributed by atoms with Crippen LogP contribution in [0.5, 0.6) is 0 Å². The van der Waals surface area contributed by atoms with E-state index in [9.17, 15) is 0 Å². The Bertz CT molecular complexity index is 82.6. The van der Waals surface area contributed by atoms with E-state index in [0.29, 0.717) is 0 Å². The predicted octanol–water partition coefficient (Wildman–Crippen LogP) is 3.41. The summed E-state index contributed by atoms with van der Waals surface area (Å²) in [5.74, 6) is 0. The van der Waals surface area contributed by atoms with E-state index in [1.54, 1.807) is 0 Å². The highest BCUT2D eigenvalue weighted by Gasteiger charge is 2.21. The molecule has 0 aromatic carbocycles. The molecule has 0 fully saturated rings. The Morgan fingerprint density at radius 2 is 1.50 bits per heavy atom. The van der Waals surface area contributed by atoms with Crippen molar-refractivity contribution in [1.29, 1.82) is 0 Å². The van der Waals surface area contributed by atoms with Crippen LogP contribution in [0.25, 0.3) is 0 Å². The molecule has 10 heavy (non-hydrogen) atoms. The minimum absolute atomic E-state index is 0.232. The van der Waals surface area contributed by atoms with Crippen molar-refractivity contribution in [3.05, 3.63) is 0 Å². The molecule has 0 spiro atoms. The third kappa shape index (κ3) is 5.87. The van der Waals surface area contributed by atoms with Crippen molar-refractivity contribution in [1.82, 2.24) is 4.23 Å². The van der Waals surface area contributed by atoms with Gasteiger partial charge in [-0.05, 0) is 13.0 Å². The van der Waals surface area contributed by atoms with Crippen molar-refractivity contribution >= 4 is 95.1 Å². The average Bonchev–Trinajstić information content (AvgIpc) is 1.81. The Hall–Kier alpha value is 3.31. The van der Waals surface area contributed by atoms with Crippen LogP contribution in [0.2, 0.25) is 0 Å². The van der Waals surface area contributed by atoms with Gasteiger partial charge in [0.15, 0.2) is 0 Å². The van der Waals surface area contributed by atoms with Crippen LogP contribution in [-0.2, 0) is 0 Å². The summed E-state index contributed by atoms with van der Waals surface area (Å²) >= 11 is 10.3. The fourth-order valence-electron chi connectivity index (χ4n) is 0.457. The van der Waals surface area contributed by atoms with E-state index in [1.165, 1.54) is 13.0 Å². The molecule has 1 nitrogen and oxygen atoms in total. The first-order valence-corrected chi connectivity index (χ1v) is 18.1. The molecule has 0 amide bonds. The number of hydrogen-bond acceptors (Lipinski definition) is 1. The van der Waals surface area contributed by atoms with E-state index in [-0.39, 0.29) is 7.90 Å². The largest absolute Gasteiger partial charge is 0.314 e. The fourth-order valence-corrected chi connectivity index (χ4v) is 29.9. The van der Waals surface area contributed by atoms with Crippen molar-refractivity contribution in [3.63, 3.8) is 0 Å². The van der Waals surface area contributed by atoms with Crippen LogP contribution in [0.1, 0.15) is 13.3 Å². The topological polar surface area (TPSA) is 3.24 Å². The van der Waals surface area contributed by atoms with Crippen LogP contribution in [-0.4, -0.2) is 18.7 Å². The van der Waals surface area contributed by atoms with Crippen LogP contribution in [0.15, 0.2) is 0 Å². The molecule has 0 atom stereocenters. The lowest BCUT2D eigenvalue weighted by atomic mass is 10.5. The maximum Gasteiger partial charge on any atom is 0.283 e. The minimum atomic E-state index is -0.232. The highest BCUT2D eigenvalue weighted by Crippen LogP contribution is 2.19. The molecule has 2 radical (unpaired) electrons. The summed E-state index contributed by atoms with van der Waals surface area (Å²) in [6, 6.07) is 0. The summed E-state index contributed by atoms with van der Waals surface area (Å²) in [7, 11) is 0. The number of rotatable bonds is 4. The van der Waals surface area contributed by atoms with Crippen LogP contribution >= 0.6 is 87.2 Å². The van der Waals surface area contributed by atoms with E-state index in [1.807, 2.05) is 0 Å². The summed E-state index contributed by atoms with van der Waals surface area (Å²) < 4.78 is 2.20. The van der Waals surface area contributed by atoms with Gasteiger partial charge in [-0.1, -0.05) is 94.1 Å². The summed E-state index contributed by atoms with van der Waals surface area (Å²) in [4.78, 5) is 0. The molecule has 0 saturated heterocycles. The molecule has 0 aromatic heterocycles. The Morgan fingerprint density at radius 1 is 1.10 bits per heavy atom. The Kier molecular flexibility index (Phi) is 10.2. The van der Waals surface area contributed by atoms with Crippen LogP contribution in [0.3, 0.4) is 0 Å². The lowest BCUT2D eigenvalue weighted by Crippen LogP contribution is -2.37. The van der Waals surface area contributed by atoms with E-state index < -0.39 is 0 Å².